The van der Waals surface area contributed by atoms with E-state index in [1.165, 1.54) is 0 Å². The normalized spacial score (nSPS) is 15.8. The maximum Gasteiger partial charge on any atom is 1.00 e. The van der Waals surface area contributed by atoms with Crippen molar-refractivity contribution in [3.05, 3.63) is 35.6 Å². The van der Waals surface area contributed by atoms with Gasteiger partial charge in [0.1, 0.15) is 0 Å². The second-order valence-electron chi connectivity index (χ2n) is 2.69. The molecule has 1 rings (SSSR count). The van der Waals surface area contributed by atoms with Gasteiger partial charge in [-0.05, 0) is 12.8 Å². The molecule has 0 bridgehead atoms. The van der Waals surface area contributed by atoms with E-state index in [1.54, 1.807) is 0 Å². The van der Waals surface area contributed by atoms with Crippen LogP contribution in [0.25, 0.3) is 0 Å². The molecule has 0 heterocycles. The molecule has 0 radical (unpaired) electrons. The summed E-state index contributed by atoms with van der Waals surface area (Å²) in [6.07, 6.45) is 10.2. The van der Waals surface area contributed by atoms with Crippen LogP contribution < -0.4 is 56.5 Å². The van der Waals surface area contributed by atoms with Gasteiger partial charge in [-0.15, -0.1) is 5.76 Å². The first-order valence-electron chi connectivity index (χ1n) is 4.07. The Morgan fingerprint density at radius 2 is 2.17 bits per heavy atom. The Bertz CT molecular complexity index is 214. The molecule has 0 aliphatic heterocycles. The molecular formula is C10H13KO. The third-order valence-corrected chi connectivity index (χ3v) is 1.73. The van der Waals surface area contributed by atoms with Crippen LogP contribution in [0.2, 0.25) is 0 Å². The van der Waals surface area contributed by atoms with Gasteiger partial charge in [-0.2, -0.15) is 0 Å². The summed E-state index contributed by atoms with van der Waals surface area (Å²) in [4.78, 5) is 0. The smallest absolute Gasteiger partial charge is 0.875 e. The van der Waals surface area contributed by atoms with Crippen LogP contribution in [-0.2, 0) is 0 Å². The van der Waals surface area contributed by atoms with Crippen molar-refractivity contribution < 1.29 is 56.5 Å². The Labute approximate surface area is 117 Å². The fraction of sp³-hybridized carbons (Fsp3) is 0.400. The van der Waals surface area contributed by atoms with Crippen LogP contribution in [0.15, 0.2) is 35.6 Å². The van der Waals surface area contributed by atoms with Crippen LogP contribution in [0.4, 0.5) is 0 Å². The number of hydrogen-bond donors (Lipinski definition) is 0. The molecule has 0 atom stereocenters. The molecule has 0 unspecified atom stereocenters. The molecule has 0 spiro atoms. The SMILES string of the molecule is CCCC1=C([O-])CC=CC=C1.[K+]. The van der Waals surface area contributed by atoms with Gasteiger partial charge in [0.15, 0.2) is 0 Å². The van der Waals surface area contributed by atoms with E-state index >= 15 is 0 Å². The third-order valence-electron chi connectivity index (χ3n) is 1.73. The summed E-state index contributed by atoms with van der Waals surface area (Å²) in [5, 5.41) is 11.3. The van der Waals surface area contributed by atoms with Crippen molar-refractivity contribution in [2.24, 2.45) is 0 Å². The molecule has 60 valence electrons. The largest absolute Gasteiger partial charge is 1.00 e. The zero-order valence-corrected chi connectivity index (χ0v) is 11.0. The van der Waals surface area contributed by atoms with E-state index in [0.29, 0.717) is 6.42 Å². The van der Waals surface area contributed by atoms with Gasteiger partial charge in [0.2, 0.25) is 0 Å². The molecule has 0 N–H and O–H groups in total. The Morgan fingerprint density at radius 1 is 1.42 bits per heavy atom. The van der Waals surface area contributed by atoms with Crippen LogP contribution >= 0.6 is 0 Å². The predicted octanol–water partition coefficient (Wildman–Crippen LogP) is -1.08. The summed E-state index contributed by atoms with van der Waals surface area (Å²) in [6, 6.07) is 0. The van der Waals surface area contributed by atoms with Gasteiger partial charge >= 0.3 is 51.4 Å². The van der Waals surface area contributed by atoms with Crippen LogP contribution in [0, 0.1) is 0 Å². The summed E-state index contributed by atoms with van der Waals surface area (Å²) in [7, 11) is 0. The van der Waals surface area contributed by atoms with Gasteiger partial charge < -0.3 is 5.11 Å². The van der Waals surface area contributed by atoms with Crippen molar-refractivity contribution >= 4 is 0 Å². The van der Waals surface area contributed by atoms with Crippen molar-refractivity contribution in [2.75, 3.05) is 0 Å². The van der Waals surface area contributed by atoms with E-state index in [1.807, 2.05) is 24.3 Å². The number of rotatable bonds is 2. The van der Waals surface area contributed by atoms with Gasteiger partial charge in [-0.25, -0.2) is 0 Å². The fourth-order valence-corrected chi connectivity index (χ4v) is 1.14. The van der Waals surface area contributed by atoms with E-state index < -0.39 is 0 Å². The van der Waals surface area contributed by atoms with Crippen LogP contribution in [0.3, 0.4) is 0 Å². The summed E-state index contributed by atoms with van der Waals surface area (Å²) in [5.74, 6) is 0.275. The maximum absolute atomic E-state index is 11.3. The zero-order valence-electron chi connectivity index (χ0n) is 7.84. The van der Waals surface area contributed by atoms with Gasteiger partial charge in [0.25, 0.3) is 0 Å². The predicted molar refractivity (Wildman–Crippen MR) is 44.8 cm³/mol. The standard InChI is InChI=1S/C10H14O.K/c1-2-6-9-7-4-3-5-8-10(9)11;/h3-5,7,11H,2,6,8H2,1H3;/q;+1/p-1. The van der Waals surface area contributed by atoms with Crippen LogP contribution in [0.5, 0.6) is 0 Å². The summed E-state index contributed by atoms with van der Waals surface area (Å²) in [6.45, 7) is 2.09. The Balaban J connectivity index is 0.00000121. The van der Waals surface area contributed by atoms with Gasteiger partial charge in [0.05, 0.1) is 0 Å². The van der Waals surface area contributed by atoms with Crippen LogP contribution in [0.1, 0.15) is 26.2 Å². The molecule has 0 aromatic heterocycles. The van der Waals surface area contributed by atoms with E-state index in [4.69, 9.17) is 0 Å². The second-order valence-corrected chi connectivity index (χ2v) is 2.69. The number of allylic oxidation sites excluding steroid dienone is 5. The molecule has 0 saturated carbocycles. The third kappa shape index (κ3) is 4.05. The van der Waals surface area contributed by atoms with E-state index in [2.05, 4.69) is 6.92 Å². The van der Waals surface area contributed by atoms with E-state index in [-0.39, 0.29) is 57.1 Å². The van der Waals surface area contributed by atoms with Crippen molar-refractivity contribution in [3.63, 3.8) is 0 Å². The quantitative estimate of drug-likeness (QED) is 0.506. The Morgan fingerprint density at radius 3 is 2.83 bits per heavy atom. The maximum atomic E-state index is 11.3. The average Bonchev–Trinajstić information content (AvgIpc) is 2.18. The molecular weight excluding hydrogens is 175 g/mol. The minimum atomic E-state index is 0. The summed E-state index contributed by atoms with van der Waals surface area (Å²) >= 11 is 0. The van der Waals surface area contributed by atoms with Crippen molar-refractivity contribution in [2.45, 2.75) is 26.2 Å². The molecule has 1 aliphatic rings. The first kappa shape index (κ1) is 12.7. The van der Waals surface area contributed by atoms with Gasteiger partial charge in [-0.1, -0.05) is 43.2 Å². The fourth-order valence-electron chi connectivity index (χ4n) is 1.14. The first-order valence-corrected chi connectivity index (χ1v) is 4.07. The monoisotopic (exact) mass is 188 g/mol. The van der Waals surface area contributed by atoms with Gasteiger partial charge in [-0.3, -0.25) is 0 Å². The summed E-state index contributed by atoms with van der Waals surface area (Å²) < 4.78 is 0. The molecule has 1 aliphatic carbocycles. The molecule has 0 aromatic carbocycles. The minimum Gasteiger partial charge on any atom is -0.875 e. The molecule has 1 nitrogen and oxygen atoms in total. The molecule has 2 heteroatoms. The Kier molecular flexibility index (Phi) is 7.49. The molecule has 12 heavy (non-hydrogen) atoms. The molecule has 0 amide bonds. The van der Waals surface area contributed by atoms with Crippen molar-refractivity contribution in [1.82, 2.24) is 0 Å². The topological polar surface area (TPSA) is 23.1 Å². The minimum absolute atomic E-state index is 0. The Hall–Kier alpha value is 0.656. The first-order chi connectivity index (χ1) is 5.34. The molecule has 0 fully saturated rings. The molecule has 0 aromatic rings. The average molecular weight is 188 g/mol. The zero-order chi connectivity index (χ0) is 8.10. The van der Waals surface area contributed by atoms with Gasteiger partial charge in [0, 0.05) is 0 Å². The number of hydrogen-bond acceptors (Lipinski definition) is 1. The van der Waals surface area contributed by atoms with Crippen molar-refractivity contribution in [1.29, 1.82) is 0 Å². The van der Waals surface area contributed by atoms with Crippen LogP contribution in [-0.4, -0.2) is 0 Å². The second kappa shape index (κ2) is 7.10. The molecule has 0 saturated heterocycles. The van der Waals surface area contributed by atoms with Crippen molar-refractivity contribution in [3.8, 4) is 0 Å². The summed E-state index contributed by atoms with van der Waals surface area (Å²) in [5.41, 5.74) is 0.970. The van der Waals surface area contributed by atoms with E-state index in [9.17, 15) is 5.11 Å². The van der Waals surface area contributed by atoms with E-state index in [0.717, 1.165) is 18.4 Å².